The average molecular weight is 418 g/mol. The van der Waals surface area contributed by atoms with Crippen molar-refractivity contribution < 1.29 is 4.79 Å². The van der Waals surface area contributed by atoms with Crippen molar-refractivity contribution in [3.05, 3.63) is 88.1 Å². The molecule has 152 valence electrons. The Bertz CT molecular complexity index is 1140. The Kier molecular flexibility index (Phi) is 5.46. The van der Waals surface area contributed by atoms with Crippen LogP contribution in [0.5, 0.6) is 0 Å². The molecule has 6 nitrogen and oxygen atoms in total. The second-order valence-electron chi connectivity index (χ2n) is 8.01. The third-order valence-electron chi connectivity index (χ3n) is 4.57. The summed E-state index contributed by atoms with van der Waals surface area (Å²) in [7, 11) is 0. The third kappa shape index (κ3) is 4.46. The van der Waals surface area contributed by atoms with Gasteiger partial charge in [-0.05, 0) is 17.7 Å². The minimum absolute atomic E-state index is 0.164. The van der Waals surface area contributed by atoms with Crippen LogP contribution in [-0.2, 0) is 11.8 Å². The molecule has 30 heavy (non-hydrogen) atoms. The predicted octanol–water partition coefficient (Wildman–Crippen LogP) is 4.86. The van der Waals surface area contributed by atoms with Crippen molar-refractivity contribution in [1.82, 2.24) is 19.7 Å². The van der Waals surface area contributed by atoms with Crippen molar-refractivity contribution in [3.63, 3.8) is 0 Å². The molecule has 1 amide bonds. The van der Waals surface area contributed by atoms with Crippen molar-refractivity contribution in [3.8, 4) is 5.82 Å². The highest BCUT2D eigenvalue weighted by molar-refractivity contribution is 7.09. The minimum Gasteiger partial charge on any atom is -0.305 e. The van der Waals surface area contributed by atoms with Crippen LogP contribution in [-0.4, -0.2) is 25.7 Å². The van der Waals surface area contributed by atoms with E-state index in [2.05, 4.69) is 53.3 Å². The van der Waals surface area contributed by atoms with Crippen LogP contribution in [0.1, 0.15) is 47.5 Å². The molecule has 3 aromatic heterocycles. The van der Waals surface area contributed by atoms with Crippen molar-refractivity contribution in [2.45, 2.75) is 32.6 Å². The fraction of sp³-hybridized carbons (Fsp3) is 0.217. The van der Waals surface area contributed by atoms with Crippen LogP contribution in [0, 0.1) is 0 Å². The normalized spacial score (nSPS) is 11.4. The zero-order valence-corrected chi connectivity index (χ0v) is 18.0. The molecule has 0 unspecified atom stereocenters. The van der Waals surface area contributed by atoms with E-state index in [-0.39, 0.29) is 11.3 Å². The van der Waals surface area contributed by atoms with Gasteiger partial charge in [0.2, 0.25) is 0 Å². The first-order chi connectivity index (χ1) is 14.4. The molecule has 0 fully saturated rings. The second-order valence-corrected chi connectivity index (χ2v) is 8.95. The van der Waals surface area contributed by atoms with Crippen molar-refractivity contribution in [2.24, 2.45) is 0 Å². The zero-order chi connectivity index (χ0) is 21.1. The number of rotatable bonds is 5. The van der Waals surface area contributed by atoms with E-state index in [9.17, 15) is 4.79 Å². The van der Waals surface area contributed by atoms with Gasteiger partial charge >= 0.3 is 0 Å². The van der Waals surface area contributed by atoms with Gasteiger partial charge in [0.1, 0.15) is 11.5 Å². The topological polar surface area (TPSA) is 72.7 Å². The number of aromatic nitrogens is 4. The molecule has 0 aliphatic rings. The quantitative estimate of drug-likeness (QED) is 0.503. The summed E-state index contributed by atoms with van der Waals surface area (Å²) >= 11 is 1.49. The summed E-state index contributed by atoms with van der Waals surface area (Å²) in [5.74, 6) is 0.954. The Balaban J connectivity index is 1.58. The SMILES string of the molecule is CC(C)(C)c1cc(NC(=O)c2csc(Cc3ccccc3)n2)n(-c2ccccn2)n1. The Morgan fingerprint density at radius 1 is 1.10 bits per heavy atom. The molecule has 0 spiro atoms. The molecular weight excluding hydrogens is 394 g/mol. The van der Waals surface area contributed by atoms with Gasteiger partial charge in [0, 0.05) is 29.5 Å². The first-order valence-electron chi connectivity index (χ1n) is 9.72. The lowest BCUT2D eigenvalue weighted by Crippen LogP contribution is -2.16. The molecule has 0 saturated carbocycles. The summed E-state index contributed by atoms with van der Waals surface area (Å²) in [6.07, 6.45) is 2.41. The summed E-state index contributed by atoms with van der Waals surface area (Å²) in [6.45, 7) is 6.25. The van der Waals surface area contributed by atoms with E-state index in [0.29, 0.717) is 23.8 Å². The molecule has 0 atom stereocenters. The van der Waals surface area contributed by atoms with Crippen molar-refractivity contribution in [1.29, 1.82) is 0 Å². The van der Waals surface area contributed by atoms with Crippen LogP contribution in [0.15, 0.2) is 66.2 Å². The van der Waals surface area contributed by atoms with Gasteiger partial charge in [-0.2, -0.15) is 9.78 Å². The lowest BCUT2D eigenvalue weighted by Gasteiger charge is -2.13. The number of amides is 1. The fourth-order valence-electron chi connectivity index (χ4n) is 2.94. The van der Waals surface area contributed by atoms with Gasteiger partial charge in [-0.3, -0.25) is 4.79 Å². The fourth-order valence-corrected chi connectivity index (χ4v) is 3.75. The van der Waals surface area contributed by atoms with E-state index >= 15 is 0 Å². The number of hydrogen-bond donors (Lipinski definition) is 1. The van der Waals surface area contributed by atoms with E-state index in [4.69, 9.17) is 0 Å². The number of nitrogens with one attached hydrogen (secondary N) is 1. The molecular formula is C23H23N5OS. The van der Waals surface area contributed by atoms with Crippen LogP contribution in [0.25, 0.3) is 5.82 Å². The van der Waals surface area contributed by atoms with Gasteiger partial charge < -0.3 is 5.32 Å². The average Bonchev–Trinajstić information content (AvgIpc) is 3.37. The molecule has 1 aromatic carbocycles. The molecule has 4 rings (SSSR count). The largest absolute Gasteiger partial charge is 0.305 e. The predicted molar refractivity (Wildman–Crippen MR) is 119 cm³/mol. The first kappa shape index (κ1) is 20.0. The van der Waals surface area contributed by atoms with Crippen LogP contribution < -0.4 is 5.32 Å². The number of carbonyl (C=O) groups excluding carboxylic acids is 1. The smallest absolute Gasteiger partial charge is 0.276 e. The standard InChI is InChI=1S/C23H23N5OS/c1-23(2,3)18-14-20(28(27-18)19-11-7-8-12-24-19)26-22(29)17-15-30-21(25-17)13-16-9-5-4-6-10-16/h4-12,14-15H,13H2,1-3H3,(H,26,29). The maximum Gasteiger partial charge on any atom is 0.276 e. The number of anilines is 1. The third-order valence-corrected chi connectivity index (χ3v) is 5.42. The van der Waals surface area contributed by atoms with Crippen LogP contribution >= 0.6 is 11.3 Å². The van der Waals surface area contributed by atoms with E-state index in [1.54, 1.807) is 16.3 Å². The zero-order valence-electron chi connectivity index (χ0n) is 17.2. The summed E-state index contributed by atoms with van der Waals surface area (Å²) in [5, 5.41) is 10.3. The Hall–Kier alpha value is -3.32. The monoisotopic (exact) mass is 417 g/mol. The van der Waals surface area contributed by atoms with Gasteiger partial charge in [0.15, 0.2) is 5.82 Å². The van der Waals surface area contributed by atoms with Crippen molar-refractivity contribution >= 4 is 23.1 Å². The maximum absolute atomic E-state index is 12.9. The number of pyridine rings is 1. The van der Waals surface area contributed by atoms with E-state index in [1.165, 1.54) is 16.9 Å². The number of thiazole rings is 1. The van der Waals surface area contributed by atoms with E-state index in [0.717, 1.165) is 10.7 Å². The van der Waals surface area contributed by atoms with Gasteiger partial charge in [-0.15, -0.1) is 11.3 Å². The van der Waals surface area contributed by atoms with Crippen molar-refractivity contribution in [2.75, 3.05) is 5.32 Å². The highest BCUT2D eigenvalue weighted by atomic mass is 32.1. The highest BCUT2D eigenvalue weighted by Gasteiger charge is 2.22. The molecule has 0 radical (unpaired) electrons. The van der Waals surface area contributed by atoms with Gasteiger partial charge in [0.25, 0.3) is 5.91 Å². The summed E-state index contributed by atoms with van der Waals surface area (Å²) < 4.78 is 1.66. The van der Waals surface area contributed by atoms with Crippen LogP contribution in [0.2, 0.25) is 0 Å². The van der Waals surface area contributed by atoms with Gasteiger partial charge in [-0.1, -0.05) is 57.2 Å². The molecule has 7 heteroatoms. The van der Waals surface area contributed by atoms with Crippen LogP contribution in [0.3, 0.4) is 0 Å². The number of benzene rings is 1. The van der Waals surface area contributed by atoms with Crippen LogP contribution in [0.4, 0.5) is 5.82 Å². The molecule has 3 heterocycles. The molecule has 0 saturated heterocycles. The number of hydrogen-bond acceptors (Lipinski definition) is 5. The highest BCUT2D eigenvalue weighted by Crippen LogP contribution is 2.26. The minimum atomic E-state index is -0.261. The number of nitrogens with zero attached hydrogens (tertiary/aromatic N) is 4. The summed E-state index contributed by atoms with van der Waals surface area (Å²) in [4.78, 5) is 21.8. The number of carbonyl (C=O) groups is 1. The summed E-state index contributed by atoms with van der Waals surface area (Å²) in [5.41, 5.74) is 2.27. The lowest BCUT2D eigenvalue weighted by atomic mass is 9.92. The summed E-state index contributed by atoms with van der Waals surface area (Å²) in [6, 6.07) is 17.6. The van der Waals surface area contributed by atoms with Gasteiger partial charge in [-0.25, -0.2) is 9.97 Å². The first-order valence-corrected chi connectivity index (χ1v) is 10.6. The molecule has 0 aliphatic heterocycles. The van der Waals surface area contributed by atoms with E-state index < -0.39 is 0 Å². The molecule has 0 bridgehead atoms. The Morgan fingerprint density at radius 2 is 1.87 bits per heavy atom. The molecule has 1 N–H and O–H groups in total. The van der Waals surface area contributed by atoms with E-state index in [1.807, 2.05) is 42.5 Å². The maximum atomic E-state index is 12.9. The molecule has 4 aromatic rings. The van der Waals surface area contributed by atoms with Gasteiger partial charge in [0.05, 0.1) is 10.7 Å². The Labute approximate surface area is 179 Å². The second kappa shape index (κ2) is 8.20. The molecule has 0 aliphatic carbocycles. The lowest BCUT2D eigenvalue weighted by molar-refractivity contribution is 0.102. The Morgan fingerprint density at radius 3 is 2.57 bits per heavy atom.